The van der Waals surface area contributed by atoms with Gasteiger partial charge in [0.2, 0.25) is 11.8 Å². The molecule has 0 spiro atoms. The van der Waals surface area contributed by atoms with Crippen LogP contribution in [0.1, 0.15) is 6.92 Å². The number of fused-ring (bicyclic) bond motifs is 3. The van der Waals surface area contributed by atoms with E-state index in [0.717, 1.165) is 42.8 Å². The topological polar surface area (TPSA) is 64.0 Å². The predicted molar refractivity (Wildman–Crippen MR) is 127 cm³/mol. The van der Waals surface area contributed by atoms with Crippen LogP contribution in [0.2, 0.25) is 0 Å². The first kappa shape index (κ1) is 19.4. The normalized spacial score (nSPS) is 11.2. The molecule has 5 rings (SSSR count). The Labute approximate surface area is 184 Å². The van der Waals surface area contributed by atoms with E-state index in [9.17, 15) is 0 Å². The van der Waals surface area contributed by atoms with Crippen LogP contribution in [0.4, 0.5) is 5.95 Å². The monoisotopic (exact) mass is 427 g/mol. The Balaban J connectivity index is 1.94. The van der Waals surface area contributed by atoms with E-state index in [0.29, 0.717) is 18.4 Å². The molecule has 154 valence electrons. The molecular weight excluding hydrogens is 406 g/mol. The van der Waals surface area contributed by atoms with Crippen molar-refractivity contribution in [1.82, 2.24) is 20.2 Å². The fraction of sp³-hybridized carbons (Fsp3) is 0.167. The first-order valence-electron chi connectivity index (χ1n) is 10.1. The van der Waals surface area contributed by atoms with Gasteiger partial charge < -0.3 is 9.64 Å². The molecule has 0 amide bonds. The van der Waals surface area contributed by atoms with Gasteiger partial charge >= 0.3 is 0 Å². The molecule has 31 heavy (non-hydrogen) atoms. The Kier molecular flexibility index (Phi) is 4.95. The van der Waals surface area contributed by atoms with Crippen LogP contribution in [0.3, 0.4) is 0 Å². The quantitative estimate of drug-likeness (QED) is 0.372. The number of ether oxygens (including phenoxy) is 1. The minimum absolute atomic E-state index is 0.527. The smallest absolute Gasteiger partial charge is 0.236 e. The second-order valence-corrected chi connectivity index (χ2v) is 8.27. The molecule has 3 aromatic heterocycles. The minimum atomic E-state index is 0.527. The molecule has 0 saturated heterocycles. The van der Waals surface area contributed by atoms with Crippen LogP contribution in [0.5, 0.6) is 5.88 Å². The molecule has 0 aliphatic heterocycles. The molecule has 5 aromatic rings. The van der Waals surface area contributed by atoms with Crippen molar-refractivity contribution in [2.75, 3.05) is 25.6 Å². The largest absolute Gasteiger partial charge is 0.477 e. The maximum Gasteiger partial charge on any atom is 0.236 e. The predicted octanol–water partition coefficient (Wildman–Crippen LogP) is 5.43. The van der Waals surface area contributed by atoms with E-state index in [4.69, 9.17) is 9.72 Å². The number of benzene rings is 2. The van der Waals surface area contributed by atoms with Crippen molar-refractivity contribution in [3.63, 3.8) is 0 Å². The molecule has 0 N–H and O–H groups in total. The van der Waals surface area contributed by atoms with Gasteiger partial charge in [0, 0.05) is 30.6 Å². The number of anilines is 1. The van der Waals surface area contributed by atoms with E-state index in [1.807, 2.05) is 62.3 Å². The highest BCUT2D eigenvalue weighted by atomic mass is 32.1. The SMILES string of the molecule is CCOc1nc(N(C)C)nc2c1sc1nnc(-c3ccccc3)c(-c3ccccc3)c12. The number of aromatic nitrogens is 4. The number of hydrogen-bond acceptors (Lipinski definition) is 7. The second-order valence-electron chi connectivity index (χ2n) is 7.27. The lowest BCUT2D eigenvalue weighted by Crippen LogP contribution is -2.13. The molecule has 0 bridgehead atoms. The van der Waals surface area contributed by atoms with Crippen LogP contribution < -0.4 is 9.64 Å². The van der Waals surface area contributed by atoms with Crippen molar-refractivity contribution >= 4 is 37.7 Å². The lowest BCUT2D eigenvalue weighted by molar-refractivity contribution is 0.331. The summed E-state index contributed by atoms with van der Waals surface area (Å²) in [5.74, 6) is 1.19. The molecule has 0 fully saturated rings. The number of nitrogens with zero attached hydrogens (tertiary/aromatic N) is 5. The van der Waals surface area contributed by atoms with Gasteiger partial charge in [-0.3, -0.25) is 0 Å². The molecule has 0 atom stereocenters. The molecule has 0 radical (unpaired) electrons. The third-order valence-electron chi connectivity index (χ3n) is 4.99. The second kappa shape index (κ2) is 7.92. The fourth-order valence-corrected chi connectivity index (χ4v) is 4.62. The first-order valence-corrected chi connectivity index (χ1v) is 10.9. The van der Waals surface area contributed by atoms with Crippen molar-refractivity contribution in [2.45, 2.75) is 6.92 Å². The van der Waals surface area contributed by atoms with Gasteiger partial charge in [-0.15, -0.1) is 21.5 Å². The summed E-state index contributed by atoms with van der Waals surface area (Å²) in [6, 6.07) is 20.4. The average Bonchev–Trinajstić information content (AvgIpc) is 3.19. The van der Waals surface area contributed by atoms with Gasteiger partial charge in [-0.2, -0.15) is 4.98 Å². The lowest BCUT2D eigenvalue weighted by atomic mass is 9.97. The summed E-state index contributed by atoms with van der Waals surface area (Å²) in [7, 11) is 3.86. The van der Waals surface area contributed by atoms with Gasteiger partial charge in [0.1, 0.15) is 20.7 Å². The van der Waals surface area contributed by atoms with Crippen LogP contribution in [0, 0.1) is 0 Å². The van der Waals surface area contributed by atoms with Crippen LogP contribution in [0.25, 0.3) is 42.8 Å². The van der Waals surface area contributed by atoms with Gasteiger partial charge in [-0.1, -0.05) is 60.7 Å². The van der Waals surface area contributed by atoms with Crippen LogP contribution in [-0.4, -0.2) is 40.9 Å². The third kappa shape index (κ3) is 3.37. The molecule has 0 aliphatic rings. The van der Waals surface area contributed by atoms with Crippen LogP contribution in [-0.2, 0) is 0 Å². The van der Waals surface area contributed by atoms with Crippen LogP contribution >= 0.6 is 11.3 Å². The average molecular weight is 428 g/mol. The Hall–Kier alpha value is -3.58. The van der Waals surface area contributed by atoms with E-state index in [1.165, 1.54) is 11.3 Å². The zero-order valence-electron chi connectivity index (χ0n) is 17.5. The zero-order valence-corrected chi connectivity index (χ0v) is 18.3. The van der Waals surface area contributed by atoms with Gasteiger partial charge in [0.15, 0.2) is 0 Å². The highest BCUT2D eigenvalue weighted by molar-refractivity contribution is 7.25. The summed E-state index contributed by atoms with van der Waals surface area (Å²) in [6.07, 6.45) is 0. The fourth-order valence-electron chi connectivity index (χ4n) is 3.61. The molecule has 0 unspecified atom stereocenters. The molecule has 0 saturated carbocycles. The molecule has 6 nitrogen and oxygen atoms in total. The summed E-state index contributed by atoms with van der Waals surface area (Å²) >= 11 is 1.52. The van der Waals surface area contributed by atoms with Crippen molar-refractivity contribution in [1.29, 1.82) is 0 Å². The van der Waals surface area contributed by atoms with Crippen molar-refractivity contribution in [3.05, 3.63) is 60.7 Å². The van der Waals surface area contributed by atoms with Gasteiger partial charge in [-0.05, 0) is 12.5 Å². The van der Waals surface area contributed by atoms with Crippen LogP contribution in [0.15, 0.2) is 60.7 Å². The first-order chi connectivity index (χ1) is 15.2. The van der Waals surface area contributed by atoms with E-state index >= 15 is 0 Å². The van der Waals surface area contributed by atoms with Gasteiger partial charge in [0.05, 0.1) is 6.61 Å². The maximum absolute atomic E-state index is 5.88. The zero-order chi connectivity index (χ0) is 21.4. The van der Waals surface area contributed by atoms with E-state index in [1.54, 1.807) is 0 Å². The summed E-state index contributed by atoms with van der Waals surface area (Å²) in [5, 5.41) is 10.2. The van der Waals surface area contributed by atoms with E-state index in [-0.39, 0.29) is 0 Å². The summed E-state index contributed by atoms with van der Waals surface area (Å²) < 4.78 is 6.77. The van der Waals surface area contributed by atoms with Crippen molar-refractivity contribution in [3.8, 4) is 28.3 Å². The maximum atomic E-state index is 5.88. The van der Waals surface area contributed by atoms with Gasteiger partial charge in [0.25, 0.3) is 0 Å². The highest BCUT2D eigenvalue weighted by Crippen LogP contribution is 2.44. The third-order valence-corrected chi connectivity index (χ3v) is 6.04. The Morgan fingerprint density at radius 3 is 2.19 bits per heavy atom. The number of rotatable bonds is 5. The van der Waals surface area contributed by atoms with E-state index in [2.05, 4.69) is 39.4 Å². The highest BCUT2D eigenvalue weighted by Gasteiger charge is 2.23. The van der Waals surface area contributed by atoms with Gasteiger partial charge in [-0.25, -0.2) is 4.98 Å². The lowest BCUT2D eigenvalue weighted by Gasteiger charge is -2.13. The molecule has 0 aliphatic carbocycles. The summed E-state index contributed by atoms with van der Waals surface area (Å²) in [5.41, 5.74) is 4.79. The Morgan fingerprint density at radius 1 is 0.871 bits per heavy atom. The van der Waals surface area contributed by atoms with E-state index < -0.39 is 0 Å². The van der Waals surface area contributed by atoms with Crippen molar-refractivity contribution in [2.24, 2.45) is 0 Å². The Bertz CT molecular complexity index is 1370. The summed E-state index contributed by atoms with van der Waals surface area (Å²) in [4.78, 5) is 12.2. The number of hydrogen-bond donors (Lipinski definition) is 0. The molecule has 7 heteroatoms. The molecule has 3 heterocycles. The molecular formula is C24H21N5OS. The van der Waals surface area contributed by atoms with Crippen molar-refractivity contribution < 1.29 is 4.74 Å². The Morgan fingerprint density at radius 2 is 1.55 bits per heavy atom. The summed E-state index contributed by atoms with van der Waals surface area (Å²) in [6.45, 7) is 2.49. The number of thiophene rings is 1. The molecule has 2 aromatic carbocycles. The minimum Gasteiger partial charge on any atom is -0.477 e. The standard InChI is InChI=1S/C24H21N5OS/c1-4-30-22-21-20(25-24(26-22)29(2)3)18-17(15-11-7-5-8-12-15)19(27-28-23(18)31-21)16-13-9-6-10-14-16/h5-14H,4H2,1-3H3.